The second kappa shape index (κ2) is 6.54. The van der Waals surface area contributed by atoms with Gasteiger partial charge in [-0.2, -0.15) is 4.31 Å². The fourth-order valence-electron chi connectivity index (χ4n) is 1.81. The zero-order valence-corrected chi connectivity index (χ0v) is 13.3. The van der Waals surface area contributed by atoms with E-state index in [1.165, 1.54) is 4.31 Å². The van der Waals surface area contributed by atoms with E-state index < -0.39 is 10.0 Å². The zero-order valence-electron chi connectivity index (χ0n) is 12.5. The van der Waals surface area contributed by atoms with E-state index in [-0.39, 0.29) is 6.04 Å². The third-order valence-electron chi connectivity index (χ3n) is 3.53. The van der Waals surface area contributed by atoms with Crippen molar-refractivity contribution in [2.75, 3.05) is 13.6 Å². The Morgan fingerprint density at radius 3 is 2.58 bits per heavy atom. The maximum Gasteiger partial charge on any atom is 0.244 e. The molecule has 1 atom stereocenters. The fraction of sp³-hybridized carbons (Fsp3) is 0.692. The van der Waals surface area contributed by atoms with Crippen LogP contribution in [-0.2, 0) is 23.6 Å². The molecule has 19 heavy (non-hydrogen) atoms. The number of hydrogen-bond acceptors (Lipinski definition) is 3. The number of hydrogen-bond donors (Lipinski definition) is 1. The molecular weight excluding hydrogens is 262 g/mol. The molecule has 0 aliphatic rings. The lowest BCUT2D eigenvalue weighted by Crippen LogP contribution is -2.34. The summed E-state index contributed by atoms with van der Waals surface area (Å²) in [6, 6.07) is 1.75. The SMILES string of the molecule is CCNCc1cc(S(=O)(=O)N(C)C(C)CC)cn1C. The van der Waals surface area contributed by atoms with Crippen LogP contribution in [0.15, 0.2) is 17.2 Å². The van der Waals surface area contributed by atoms with Crippen molar-refractivity contribution in [2.45, 2.75) is 44.7 Å². The smallest absolute Gasteiger partial charge is 0.244 e. The highest BCUT2D eigenvalue weighted by atomic mass is 32.2. The van der Waals surface area contributed by atoms with Crippen LogP contribution < -0.4 is 5.32 Å². The molecular formula is C13H25N3O2S. The van der Waals surface area contributed by atoms with Crippen LogP contribution in [0.4, 0.5) is 0 Å². The van der Waals surface area contributed by atoms with Crippen molar-refractivity contribution in [3.05, 3.63) is 18.0 Å². The van der Waals surface area contributed by atoms with Crippen molar-refractivity contribution >= 4 is 10.0 Å². The molecule has 0 amide bonds. The number of rotatable bonds is 7. The predicted octanol–water partition coefficient (Wildman–Crippen LogP) is 1.55. The molecule has 1 unspecified atom stereocenters. The van der Waals surface area contributed by atoms with Gasteiger partial charge in [0.25, 0.3) is 0 Å². The van der Waals surface area contributed by atoms with Crippen molar-refractivity contribution < 1.29 is 8.42 Å². The minimum Gasteiger partial charge on any atom is -0.352 e. The third kappa shape index (κ3) is 3.58. The number of aryl methyl sites for hydroxylation is 1. The molecule has 1 aromatic heterocycles. The maximum absolute atomic E-state index is 12.5. The first-order valence-corrected chi connectivity index (χ1v) is 8.12. The van der Waals surface area contributed by atoms with E-state index in [1.807, 2.05) is 32.4 Å². The molecule has 6 heteroatoms. The van der Waals surface area contributed by atoms with Crippen LogP contribution in [0.25, 0.3) is 0 Å². The molecule has 0 aliphatic carbocycles. The van der Waals surface area contributed by atoms with E-state index in [0.29, 0.717) is 11.4 Å². The van der Waals surface area contributed by atoms with Gasteiger partial charge in [0.05, 0.1) is 0 Å². The second-order valence-corrected chi connectivity index (χ2v) is 6.83. The summed E-state index contributed by atoms with van der Waals surface area (Å²) in [7, 11) is 0.117. The molecule has 0 fully saturated rings. The summed E-state index contributed by atoms with van der Waals surface area (Å²) >= 11 is 0. The average molecular weight is 287 g/mol. The summed E-state index contributed by atoms with van der Waals surface area (Å²) < 4.78 is 28.2. The Kier molecular flexibility index (Phi) is 5.58. The van der Waals surface area contributed by atoms with Crippen molar-refractivity contribution in [1.29, 1.82) is 0 Å². The molecule has 0 bridgehead atoms. The predicted molar refractivity (Wildman–Crippen MR) is 77.5 cm³/mol. The lowest BCUT2D eigenvalue weighted by molar-refractivity contribution is 0.380. The Morgan fingerprint density at radius 1 is 1.42 bits per heavy atom. The minimum atomic E-state index is -3.39. The molecule has 5 nitrogen and oxygen atoms in total. The summed E-state index contributed by atoms with van der Waals surface area (Å²) in [5, 5.41) is 3.20. The van der Waals surface area contributed by atoms with E-state index in [2.05, 4.69) is 5.32 Å². The van der Waals surface area contributed by atoms with Gasteiger partial charge in [-0.15, -0.1) is 0 Å². The maximum atomic E-state index is 12.5. The van der Waals surface area contributed by atoms with Gasteiger partial charge in [-0.25, -0.2) is 8.42 Å². The van der Waals surface area contributed by atoms with E-state index in [9.17, 15) is 8.42 Å². The van der Waals surface area contributed by atoms with Crippen molar-refractivity contribution in [1.82, 2.24) is 14.2 Å². The van der Waals surface area contributed by atoms with E-state index in [1.54, 1.807) is 19.3 Å². The highest BCUT2D eigenvalue weighted by Gasteiger charge is 2.26. The highest BCUT2D eigenvalue weighted by Crippen LogP contribution is 2.20. The fourth-order valence-corrected chi connectivity index (χ4v) is 3.34. The molecule has 1 aromatic rings. The van der Waals surface area contributed by atoms with Crippen molar-refractivity contribution in [3.8, 4) is 0 Å². The van der Waals surface area contributed by atoms with Gasteiger partial charge in [-0.05, 0) is 26.0 Å². The molecule has 0 saturated carbocycles. The first kappa shape index (κ1) is 16.2. The van der Waals surface area contributed by atoms with Crippen LogP contribution >= 0.6 is 0 Å². The number of nitrogens with one attached hydrogen (secondary N) is 1. The molecule has 0 saturated heterocycles. The molecule has 1 N–H and O–H groups in total. The summed E-state index contributed by atoms with van der Waals surface area (Å²) in [6.45, 7) is 7.46. The third-order valence-corrected chi connectivity index (χ3v) is 5.46. The molecule has 0 spiro atoms. The van der Waals surface area contributed by atoms with Gasteiger partial charge in [0, 0.05) is 38.6 Å². The summed E-state index contributed by atoms with van der Waals surface area (Å²) in [5.74, 6) is 0. The Bertz CT molecular complexity index is 508. The lowest BCUT2D eigenvalue weighted by Gasteiger charge is -2.22. The standard InChI is InChI=1S/C13H25N3O2S/c1-6-11(3)16(5)19(17,18)13-8-12(9-14-7-2)15(4)10-13/h8,10-11,14H,6-7,9H2,1-5H3. The van der Waals surface area contributed by atoms with Gasteiger partial charge in [-0.3, -0.25) is 0 Å². The van der Waals surface area contributed by atoms with E-state index in [0.717, 1.165) is 18.7 Å². The molecule has 0 radical (unpaired) electrons. The number of aromatic nitrogens is 1. The summed E-state index contributed by atoms with van der Waals surface area (Å²) in [5.41, 5.74) is 0.970. The van der Waals surface area contributed by atoms with Gasteiger partial charge >= 0.3 is 0 Å². The van der Waals surface area contributed by atoms with Crippen LogP contribution in [-0.4, -0.2) is 36.9 Å². The Labute approximate surface area is 116 Å². The summed E-state index contributed by atoms with van der Waals surface area (Å²) in [4.78, 5) is 0.366. The van der Waals surface area contributed by atoms with Gasteiger partial charge in [-0.1, -0.05) is 13.8 Å². The van der Waals surface area contributed by atoms with Crippen molar-refractivity contribution in [3.63, 3.8) is 0 Å². The van der Waals surface area contributed by atoms with Crippen LogP contribution in [0.2, 0.25) is 0 Å². The highest BCUT2D eigenvalue weighted by molar-refractivity contribution is 7.89. The Hall–Kier alpha value is -0.850. The van der Waals surface area contributed by atoms with Crippen LogP contribution in [0.3, 0.4) is 0 Å². The molecule has 1 rings (SSSR count). The molecule has 0 aliphatic heterocycles. The van der Waals surface area contributed by atoms with Crippen LogP contribution in [0.5, 0.6) is 0 Å². The largest absolute Gasteiger partial charge is 0.352 e. The number of sulfonamides is 1. The van der Waals surface area contributed by atoms with E-state index in [4.69, 9.17) is 0 Å². The van der Waals surface area contributed by atoms with Gasteiger partial charge < -0.3 is 9.88 Å². The monoisotopic (exact) mass is 287 g/mol. The minimum absolute atomic E-state index is 0.00224. The molecule has 0 aromatic carbocycles. The first-order valence-electron chi connectivity index (χ1n) is 6.68. The quantitative estimate of drug-likeness (QED) is 0.828. The van der Waals surface area contributed by atoms with E-state index >= 15 is 0 Å². The Balaban J connectivity index is 3.02. The summed E-state index contributed by atoms with van der Waals surface area (Å²) in [6.07, 6.45) is 2.48. The second-order valence-electron chi connectivity index (χ2n) is 4.84. The van der Waals surface area contributed by atoms with Crippen molar-refractivity contribution in [2.24, 2.45) is 7.05 Å². The number of nitrogens with zero attached hydrogens (tertiary/aromatic N) is 2. The van der Waals surface area contributed by atoms with Crippen LogP contribution in [0.1, 0.15) is 32.9 Å². The average Bonchev–Trinajstić information content (AvgIpc) is 2.76. The Morgan fingerprint density at radius 2 is 2.05 bits per heavy atom. The lowest BCUT2D eigenvalue weighted by atomic mass is 10.3. The normalized spacial score (nSPS) is 14.0. The molecule has 1 heterocycles. The van der Waals surface area contributed by atoms with Gasteiger partial charge in [0.15, 0.2) is 0 Å². The topological polar surface area (TPSA) is 54.3 Å². The first-order chi connectivity index (χ1) is 8.84. The van der Waals surface area contributed by atoms with Crippen LogP contribution in [0, 0.1) is 0 Å². The molecule has 110 valence electrons. The zero-order chi connectivity index (χ0) is 14.6. The van der Waals surface area contributed by atoms with Gasteiger partial charge in [0.2, 0.25) is 10.0 Å². The van der Waals surface area contributed by atoms with Gasteiger partial charge in [0.1, 0.15) is 4.90 Å².